The second-order valence-electron chi connectivity index (χ2n) is 4.65. The molecule has 0 aliphatic carbocycles. The van der Waals surface area contributed by atoms with Crippen LogP contribution in [0.3, 0.4) is 0 Å². The molecule has 20 heavy (non-hydrogen) atoms. The molecule has 0 amide bonds. The lowest BCUT2D eigenvalue weighted by Gasteiger charge is -2.17. The standard InChI is InChI=1S/C12H14ClF3O3S/c1-7(2)9-5-11(20(13,17)18)8(3)4-10(9)19-6-12(14,15)16/h4-5,7H,6H2,1-3H3. The van der Waals surface area contributed by atoms with Gasteiger partial charge in [0.2, 0.25) is 0 Å². The third kappa shape index (κ3) is 4.56. The Bertz CT molecular complexity index is 595. The van der Waals surface area contributed by atoms with Crippen molar-refractivity contribution in [2.24, 2.45) is 0 Å². The highest BCUT2D eigenvalue weighted by atomic mass is 35.7. The van der Waals surface area contributed by atoms with Gasteiger partial charge in [0.25, 0.3) is 9.05 Å². The van der Waals surface area contributed by atoms with Crippen LogP contribution in [0.1, 0.15) is 30.9 Å². The monoisotopic (exact) mass is 330 g/mol. The molecule has 1 aromatic rings. The molecule has 0 spiro atoms. The van der Waals surface area contributed by atoms with Crippen LogP contribution in [0.5, 0.6) is 5.75 Å². The smallest absolute Gasteiger partial charge is 0.422 e. The number of rotatable bonds is 4. The molecule has 114 valence electrons. The van der Waals surface area contributed by atoms with Gasteiger partial charge in [-0.2, -0.15) is 13.2 Å². The van der Waals surface area contributed by atoms with Crippen LogP contribution in [0, 0.1) is 6.92 Å². The van der Waals surface area contributed by atoms with Gasteiger partial charge in [-0.25, -0.2) is 8.42 Å². The Hall–Kier alpha value is -0.950. The van der Waals surface area contributed by atoms with E-state index >= 15 is 0 Å². The number of alkyl halides is 3. The normalized spacial score (nSPS) is 12.8. The Morgan fingerprint density at radius 3 is 2.25 bits per heavy atom. The summed E-state index contributed by atoms with van der Waals surface area (Å²) < 4.78 is 64.2. The first-order chi connectivity index (χ1) is 8.92. The molecule has 1 rings (SSSR count). The van der Waals surface area contributed by atoms with Crippen molar-refractivity contribution in [2.45, 2.75) is 37.8 Å². The van der Waals surface area contributed by atoms with E-state index in [2.05, 4.69) is 0 Å². The maximum atomic E-state index is 12.2. The topological polar surface area (TPSA) is 43.4 Å². The van der Waals surface area contributed by atoms with Crippen LogP contribution in [-0.4, -0.2) is 21.2 Å². The van der Waals surface area contributed by atoms with Gasteiger partial charge in [0.05, 0.1) is 4.90 Å². The summed E-state index contributed by atoms with van der Waals surface area (Å²) in [5.41, 5.74) is 0.598. The van der Waals surface area contributed by atoms with Crippen molar-refractivity contribution in [3.8, 4) is 5.75 Å². The predicted octanol–water partition coefficient (Wildman–Crippen LogP) is 3.99. The van der Waals surface area contributed by atoms with E-state index in [1.54, 1.807) is 13.8 Å². The minimum atomic E-state index is -4.46. The number of ether oxygens (including phenoxy) is 1. The fourth-order valence-corrected chi connectivity index (χ4v) is 2.89. The van der Waals surface area contributed by atoms with Gasteiger partial charge in [-0.3, -0.25) is 0 Å². The third-order valence-corrected chi connectivity index (χ3v) is 4.05. The zero-order valence-corrected chi connectivity index (χ0v) is 12.7. The molecule has 0 heterocycles. The highest BCUT2D eigenvalue weighted by Gasteiger charge is 2.29. The fraction of sp³-hybridized carbons (Fsp3) is 0.500. The minimum Gasteiger partial charge on any atom is -0.484 e. The lowest BCUT2D eigenvalue weighted by atomic mass is 10.0. The van der Waals surface area contributed by atoms with Crippen LogP contribution in [0.15, 0.2) is 17.0 Å². The van der Waals surface area contributed by atoms with Crippen LogP contribution < -0.4 is 4.74 Å². The average Bonchev–Trinajstić information content (AvgIpc) is 2.23. The van der Waals surface area contributed by atoms with Crippen molar-refractivity contribution < 1.29 is 26.3 Å². The highest BCUT2D eigenvalue weighted by Crippen LogP contribution is 2.33. The maximum Gasteiger partial charge on any atom is 0.422 e. The minimum absolute atomic E-state index is 0.0129. The van der Waals surface area contributed by atoms with E-state index < -0.39 is 21.8 Å². The molecule has 0 fully saturated rings. The molecule has 0 N–H and O–H groups in total. The first-order valence-electron chi connectivity index (χ1n) is 5.70. The second kappa shape index (κ2) is 5.81. The zero-order valence-electron chi connectivity index (χ0n) is 11.1. The van der Waals surface area contributed by atoms with Gasteiger partial charge in [0, 0.05) is 10.7 Å². The van der Waals surface area contributed by atoms with E-state index in [-0.39, 0.29) is 22.1 Å². The Morgan fingerprint density at radius 2 is 1.85 bits per heavy atom. The molecule has 0 aliphatic rings. The Labute approximate surface area is 120 Å². The first-order valence-corrected chi connectivity index (χ1v) is 8.01. The molecule has 0 saturated carbocycles. The molecule has 0 bridgehead atoms. The Balaban J connectivity index is 3.29. The summed E-state index contributed by atoms with van der Waals surface area (Å²) in [4.78, 5) is -0.123. The van der Waals surface area contributed by atoms with Crippen molar-refractivity contribution in [1.82, 2.24) is 0 Å². The molecule has 3 nitrogen and oxygen atoms in total. The van der Waals surface area contributed by atoms with E-state index in [1.807, 2.05) is 0 Å². The predicted molar refractivity (Wildman–Crippen MR) is 69.9 cm³/mol. The van der Waals surface area contributed by atoms with Gasteiger partial charge in [-0.1, -0.05) is 13.8 Å². The molecule has 8 heteroatoms. The van der Waals surface area contributed by atoms with Gasteiger partial charge in [-0.15, -0.1) is 0 Å². The summed E-state index contributed by atoms with van der Waals surface area (Å²) in [6.45, 7) is 3.45. The molecule has 1 aromatic carbocycles. The lowest BCUT2D eigenvalue weighted by Crippen LogP contribution is -2.20. The average molecular weight is 331 g/mol. The summed E-state index contributed by atoms with van der Waals surface area (Å²) in [6.07, 6.45) is -4.46. The molecule has 0 atom stereocenters. The summed E-state index contributed by atoms with van der Waals surface area (Å²) in [7, 11) is 1.34. The van der Waals surface area contributed by atoms with Gasteiger partial charge in [0.1, 0.15) is 5.75 Å². The first kappa shape index (κ1) is 17.1. The van der Waals surface area contributed by atoms with E-state index in [0.29, 0.717) is 5.56 Å². The second-order valence-corrected chi connectivity index (χ2v) is 7.19. The van der Waals surface area contributed by atoms with Crippen LogP contribution in [0.2, 0.25) is 0 Å². The number of halogens is 4. The molecular weight excluding hydrogens is 317 g/mol. The Kier molecular flexibility index (Phi) is 4.97. The molecule has 0 saturated heterocycles. The largest absolute Gasteiger partial charge is 0.484 e. The van der Waals surface area contributed by atoms with E-state index in [1.165, 1.54) is 19.1 Å². The highest BCUT2D eigenvalue weighted by molar-refractivity contribution is 8.13. The van der Waals surface area contributed by atoms with Crippen molar-refractivity contribution in [3.63, 3.8) is 0 Å². The van der Waals surface area contributed by atoms with Crippen molar-refractivity contribution in [2.75, 3.05) is 6.61 Å². The Morgan fingerprint density at radius 1 is 1.30 bits per heavy atom. The van der Waals surface area contributed by atoms with Gasteiger partial charge in [-0.05, 0) is 36.1 Å². The molecule has 0 radical (unpaired) electrons. The van der Waals surface area contributed by atoms with Crippen LogP contribution in [-0.2, 0) is 9.05 Å². The lowest BCUT2D eigenvalue weighted by molar-refractivity contribution is -0.153. The van der Waals surface area contributed by atoms with Gasteiger partial charge >= 0.3 is 6.18 Å². The van der Waals surface area contributed by atoms with Gasteiger partial charge in [0.15, 0.2) is 6.61 Å². The van der Waals surface area contributed by atoms with Crippen molar-refractivity contribution in [3.05, 3.63) is 23.3 Å². The summed E-state index contributed by atoms with van der Waals surface area (Å²) in [5.74, 6) is -0.199. The van der Waals surface area contributed by atoms with Gasteiger partial charge < -0.3 is 4.74 Å². The van der Waals surface area contributed by atoms with Crippen molar-refractivity contribution >= 4 is 19.7 Å². The molecular formula is C12H14ClF3O3S. The zero-order chi connectivity index (χ0) is 15.7. The number of benzene rings is 1. The molecule has 0 aliphatic heterocycles. The van der Waals surface area contributed by atoms with Crippen molar-refractivity contribution in [1.29, 1.82) is 0 Å². The quantitative estimate of drug-likeness (QED) is 0.784. The SMILES string of the molecule is Cc1cc(OCC(F)(F)F)c(C(C)C)cc1S(=O)(=O)Cl. The number of hydrogen-bond acceptors (Lipinski definition) is 3. The summed E-state index contributed by atoms with van der Waals surface area (Å²) in [6, 6.07) is 2.52. The third-order valence-electron chi connectivity index (χ3n) is 2.58. The molecule has 0 unspecified atom stereocenters. The van der Waals surface area contributed by atoms with E-state index in [4.69, 9.17) is 15.4 Å². The number of hydrogen-bond donors (Lipinski definition) is 0. The van der Waals surface area contributed by atoms with Crippen LogP contribution >= 0.6 is 10.7 Å². The molecule has 0 aromatic heterocycles. The van der Waals surface area contributed by atoms with E-state index in [9.17, 15) is 21.6 Å². The van der Waals surface area contributed by atoms with Crippen LogP contribution in [0.25, 0.3) is 0 Å². The summed E-state index contributed by atoms with van der Waals surface area (Å²) in [5, 5.41) is 0. The summed E-state index contributed by atoms with van der Waals surface area (Å²) >= 11 is 0. The fourth-order valence-electron chi connectivity index (χ4n) is 1.68. The maximum absolute atomic E-state index is 12.2. The number of aryl methyl sites for hydroxylation is 1. The van der Waals surface area contributed by atoms with Crippen LogP contribution in [0.4, 0.5) is 13.2 Å². The van der Waals surface area contributed by atoms with E-state index in [0.717, 1.165) is 0 Å².